The molecule has 0 unspecified atom stereocenters. The summed E-state index contributed by atoms with van der Waals surface area (Å²) in [5, 5.41) is 9.78. The molecule has 0 fully saturated rings. The van der Waals surface area contributed by atoms with Gasteiger partial charge in [0.1, 0.15) is 11.8 Å². The molecule has 0 saturated heterocycles. The quantitative estimate of drug-likeness (QED) is 0.826. The molecule has 0 aliphatic heterocycles. The van der Waals surface area contributed by atoms with Crippen molar-refractivity contribution >= 4 is 28.9 Å². The molecular formula is C14H10Cl2N2O. The topological polar surface area (TPSA) is 59.0 Å². The molecule has 0 spiro atoms. The summed E-state index contributed by atoms with van der Waals surface area (Å²) in [4.78, 5) is 0. The van der Waals surface area contributed by atoms with E-state index in [1.807, 2.05) is 13.0 Å². The average molecular weight is 293 g/mol. The third kappa shape index (κ3) is 2.93. The van der Waals surface area contributed by atoms with Gasteiger partial charge in [-0.2, -0.15) is 5.26 Å². The van der Waals surface area contributed by atoms with Crippen LogP contribution in [0.3, 0.4) is 0 Å². The number of aryl methyl sites for hydroxylation is 1. The summed E-state index contributed by atoms with van der Waals surface area (Å²) in [6, 6.07) is 10.4. The van der Waals surface area contributed by atoms with Crippen LogP contribution in [-0.4, -0.2) is 0 Å². The Morgan fingerprint density at radius 3 is 2.47 bits per heavy atom. The summed E-state index contributed by atoms with van der Waals surface area (Å²) in [6.45, 7) is 1.90. The highest BCUT2D eigenvalue weighted by atomic mass is 35.5. The highest BCUT2D eigenvalue weighted by molar-refractivity contribution is 6.42. The van der Waals surface area contributed by atoms with Crippen LogP contribution in [0, 0.1) is 18.3 Å². The predicted molar refractivity (Wildman–Crippen MR) is 76.8 cm³/mol. The van der Waals surface area contributed by atoms with Gasteiger partial charge in [0.15, 0.2) is 5.75 Å². The highest BCUT2D eigenvalue weighted by Crippen LogP contribution is 2.36. The Bertz CT molecular complexity index is 678. The monoisotopic (exact) mass is 292 g/mol. The molecule has 2 aromatic carbocycles. The lowest BCUT2D eigenvalue weighted by atomic mass is 10.1. The van der Waals surface area contributed by atoms with E-state index in [1.165, 1.54) is 12.1 Å². The first-order valence-electron chi connectivity index (χ1n) is 5.44. The van der Waals surface area contributed by atoms with Crippen molar-refractivity contribution in [1.29, 1.82) is 5.26 Å². The zero-order chi connectivity index (χ0) is 14.0. The van der Waals surface area contributed by atoms with Crippen LogP contribution in [0.1, 0.15) is 11.1 Å². The van der Waals surface area contributed by atoms with Gasteiger partial charge in [0.05, 0.1) is 21.3 Å². The van der Waals surface area contributed by atoms with Gasteiger partial charge < -0.3 is 10.5 Å². The van der Waals surface area contributed by atoms with Crippen molar-refractivity contribution in [2.45, 2.75) is 6.92 Å². The summed E-state index contributed by atoms with van der Waals surface area (Å²) in [5.41, 5.74) is 7.58. The van der Waals surface area contributed by atoms with Crippen molar-refractivity contribution in [3.05, 3.63) is 51.5 Å². The normalized spacial score (nSPS) is 10.0. The molecule has 0 aliphatic rings. The molecule has 2 aromatic rings. The first kappa shape index (κ1) is 13.5. The summed E-state index contributed by atoms with van der Waals surface area (Å²) >= 11 is 11.8. The van der Waals surface area contributed by atoms with Crippen LogP contribution in [0.5, 0.6) is 11.5 Å². The molecule has 2 N–H and O–H groups in total. The number of rotatable bonds is 2. The van der Waals surface area contributed by atoms with Crippen molar-refractivity contribution in [2.24, 2.45) is 0 Å². The minimum absolute atomic E-state index is 0.344. The van der Waals surface area contributed by atoms with Gasteiger partial charge in [0.25, 0.3) is 0 Å². The third-order valence-corrected chi connectivity index (χ3v) is 3.25. The Kier molecular flexibility index (Phi) is 3.84. The summed E-state index contributed by atoms with van der Waals surface area (Å²) in [7, 11) is 0. The van der Waals surface area contributed by atoms with Crippen LogP contribution >= 0.6 is 23.2 Å². The molecule has 0 atom stereocenters. The Labute approximate surface area is 121 Å². The number of benzene rings is 2. The lowest BCUT2D eigenvalue weighted by Crippen LogP contribution is -1.94. The molecule has 0 amide bonds. The van der Waals surface area contributed by atoms with Crippen molar-refractivity contribution in [3.63, 3.8) is 0 Å². The lowest BCUT2D eigenvalue weighted by molar-refractivity contribution is 0.483. The van der Waals surface area contributed by atoms with Crippen LogP contribution in [0.15, 0.2) is 30.3 Å². The Balaban J connectivity index is 2.42. The van der Waals surface area contributed by atoms with Gasteiger partial charge in [0, 0.05) is 6.07 Å². The Hall–Kier alpha value is -1.89. The van der Waals surface area contributed by atoms with Crippen LogP contribution in [0.4, 0.5) is 5.69 Å². The Morgan fingerprint density at radius 2 is 1.79 bits per heavy atom. The number of hydrogen-bond donors (Lipinski definition) is 1. The van der Waals surface area contributed by atoms with E-state index >= 15 is 0 Å². The van der Waals surface area contributed by atoms with E-state index < -0.39 is 0 Å². The molecule has 3 nitrogen and oxygen atoms in total. The SMILES string of the molecule is Cc1ccc(Oc2cc(Cl)c(Cl)cc2N)c(C#N)c1. The van der Waals surface area contributed by atoms with E-state index in [2.05, 4.69) is 6.07 Å². The second kappa shape index (κ2) is 5.40. The minimum atomic E-state index is 0.344. The van der Waals surface area contributed by atoms with Crippen LogP contribution in [-0.2, 0) is 0 Å². The second-order valence-electron chi connectivity index (χ2n) is 4.02. The number of halogens is 2. The van der Waals surface area contributed by atoms with Crippen molar-refractivity contribution in [3.8, 4) is 17.6 Å². The third-order valence-electron chi connectivity index (χ3n) is 2.53. The van der Waals surface area contributed by atoms with Gasteiger partial charge in [-0.25, -0.2) is 0 Å². The summed E-state index contributed by atoms with van der Waals surface area (Å²) < 4.78 is 5.63. The number of anilines is 1. The molecule has 0 saturated carbocycles. The molecule has 19 heavy (non-hydrogen) atoms. The van der Waals surface area contributed by atoms with E-state index in [4.69, 9.17) is 38.9 Å². The van der Waals surface area contributed by atoms with E-state index in [-0.39, 0.29) is 0 Å². The van der Waals surface area contributed by atoms with Crippen molar-refractivity contribution in [2.75, 3.05) is 5.73 Å². The van der Waals surface area contributed by atoms with E-state index in [1.54, 1.807) is 12.1 Å². The molecule has 0 bridgehead atoms. The standard InChI is InChI=1S/C14H10Cl2N2O/c1-8-2-3-13(9(4-8)7-17)19-14-6-11(16)10(15)5-12(14)18/h2-6H,18H2,1H3. The van der Waals surface area contributed by atoms with Gasteiger partial charge in [-0.3, -0.25) is 0 Å². The molecular weight excluding hydrogens is 283 g/mol. The van der Waals surface area contributed by atoms with Gasteiger partial charge in [-0.15, -0.1) is 0 Å². The number of nitrogen functional groups attached to an aromatic ring is 1. The fourth-order valence-electron chi connectivity index (χ4n) is 1.57. The van der Waals surface area contributed by atoms with Gasteiger partial charge in [-0.05, 0) is 30.7 Å². The van der Waals surface area contributed by atoms with Crippen molar-refractivity contribution < 1.29 is 4.74 Å². The molecule has 96 valence electrons. The fourth-order valence-corrected chi connectivity index (χ4v) is 1.90. The first-order chi connectivity index (χ1) is 9.01. The first-order valence-corrected chi connectivity index (χ1v) is 6.20. The smallest absolute Gasteiger partial charge is 0.151 e. The largest absolute Gasteiger partial charge is 0.454 e. The highest BCUT2D eigenvalue weighted by Gasteiger charge is 2.10. The van der Waals surface area contributed by atoms with Crippen LogP contribution in [0.2, 0.25) is 10.0 Å². The van der Waals surface area contributed by atoms with Crippen LogP contribution < -0.4 is 10.5 Å². The molecule has 2 rings (SSSR count). The zero-order valence-corrected chi connectivity index (χ0v) is 11.6. The maximum atomic E-state index is 9.08. The van der Waals surface area contributed by atoms with Gasteiger partial charge in [-0.1, -0.05) is 29.3 Å². The molecule has 5 heteroatoms. The molecule has 0 heterocycles. The number of nitrogens with zero attached hydrogens (tertiary/aromatic N) is 1. The average Bonchev–Trinajstić information content (AvgIpc) is 2.37. The molecule has 0 radical (unpaired) electrons. The maximum Gasteiger partial charge on any atom is 0.151 e. The van der Waals surface area contributed by atoms with Gasteiger partial charge in [0.2, 0.25) is 0 Å². The fraction of sp³-hybridized carbons (Fsp3) is 0.0714. The predicted octanol–water partition coefficient (Wildman–Crippen LogP) is 4.55. The molecule has 0 aromatic heterocycles. The van der Waals surface area contributed by atoms with Crippen molar-refractivity contribution in [1.82, 2.24) is 0 Å². The number of ether oxygens (including phenoxy) is 1. The van der Waals surface area contributed by atoms with E-state index in [0.29, 0.717) is 32.8 Å². The summed E-state index contributed by atoms with van der Waals surface area (Å²) in [6.07, 6.45) is 0. The number of nitriles is 1. The number of nitrogens with two attached hydrogens (primary N) is 1. The van der Waals surface area contributed by atoms with Crippen LogP contribution in [0.25, 0.3) is 0 Å². The van der Waals surface area contributed by atoms with Gasteiger partial charge >= 0.3 is 0 Å². The zero-order valence-electron chi connectivity index (χ0n) is 10.1. The van der Waals surface area contributed by atoms with E-state index in [9.17, 15) is 0 Å². The summed E-state index contributed by atoms with van der Waals surface area (Å²) in [5.74, 6) is 0.799. The number of hydrogen-bond acceptors (Lipinski definition) is 3. The minimum Gasteiger partial charge on any atom is -0.454 e. The second-order valence-corrected chi connectivity index (χ2v) is 4.83. The molecule has 0 aliphatic carbocycles. The lowest BCUT2D eigenvalue weighted by Gasteiger charge is -2.11. The van der Waals surface area contributed by atoms with E-state index in [0.717, 1.165) is 5.56 Å². The maximum absolute atomic E-state index is 9.08. The Morgan fingerprint density at radius 1 is 1.11 bits per heavy atom.